The SMILES string of the molecule is CC1C=CC(C2(C3=CC(C)C=C(C(N)=O)C=C3)CCCNC2)=CC(C(N)=O)=C1. The molecule has 28 heavy (non-hydrogen) atoms. The van der Waals surface area contributed by atoms with Gasteiger partial charge in [-0.2, -0.15) is 0 Å². The first kappa shape index (κ1) is 20.1. The van der Waals surface area contributed by atoms with Crippen molar-refractivity contribution in [1.29, 1.82) is 0 Å². The van der Waals surface area contributed by atoms with Crippen LogP contribution in [-0.4, -0.2) is 24.9 Å². The molecule has 2 aliphatic carbocycles. The molecule has 2 amide bonds. The maximum absolute atomic E-state index is 12.0. The molecule has 3 aliphatic rings. The van der Waals surface area contributed by atoms with Crippen LogP contribution in [0.1, 0.15) is 26.7 Å². The van der Waals surface area contributed by atoms with Gasteiger partial charge in [-0.1, -0.05) is 50.3 Å². The number of nitrogens with one attached hydrogen (secondary N) is 1. The Kier molecular flexibility index (Phi) is 5.84. The highest BCUT2D eigenvalue weighted by Gasteiger charge is 2.38. The number of carbonyl (C=O) groups excluding carboxylic acids is 2. The second-order valence-corrected chi connectivity index (χ2v) is 7.97. The monoisotopic (exact) mass is 379 g/mol. The molecule has 3 atom stereocenters. The topological polar surface area (TPSA) is 98.2 Å². The molecule has 0 bridgehead atoms. The van der Waals surface area contributed by atoms with Gasteiger partial charge in [0, 0.05) is 23.1 Å². The number of carbonyl (C=O) groups is 2. The number of piperidine rings is 1. The Balaban J connectivity index is 2.11. The molecule has 1 aliphatic heterocycles. The van der Waals surface area contributed by atoms with E-state index in [2.05, 4.69) is 23.5 Å². The fraction of sp³-hybridized carbons (Fsp3) is 0.391. The molecule has 1 fully saturated rings. The van der Waals surface area contributed by atoms with Gasteiger partial charge in [0.2, 0.25) is 11.8 Å². The number of primary amides is 2. The fourth-order valence-electron chi connectivity index (χ4n) is 4.26. The van der Waals surface area contributed by atoms with Crippen molar-refractivity contribution in [1.82, 2.24) is 5.32 Å². The van der Waals surface area contributed by atoms with E-state index >= 15 is 0 Å². The van der Waals surface area contributed by atoms with Crippen molar-refractivity contribution in [3.05, 3.63) is 70.9 Å². The van der Waals surface area contributed by atoms with Crippen molar-refractivity contribution in [2.75, 3.05) is 13.1 Å². The standard InChI is InChI=1S/C23H29N3O2/c1-15-4-6-20(13-18(10-15)22(25)28)23(8-3-9-26-14-23)19-7-5-17(21(24)27)11-16(2)12-19/h4-7,10-13,15-16,26H,3,8-9,14H2,1-2H3,(H2,24,27)(H2,25,28). The van der Waals surface area contributed by atoms with Gasteiger partial charge in [-0.25, -0.2) is 0 Å². The number of nitrogens with two attached hydrogens (primary N) is 2. The Hall–Kier alpha value is -2.66. The molecule has 3 rings (SSSR count). The van der Waals surface area contributed by atoms with Crippen molar-refractivity contribution < 1.29 is 9.59 Å². The van der Waals surface area contributed by atoms with Gasteiger partial charge in [0.25, 0.3) is 0 Å². The van der Waals surface area contributed by atoms with E-state index in [0.29, 0.717) is 11.1 Å². The molecule has 1 heterocycles. The molecule has 5 heteroatoms. The lowest BCUT2D eigenvalue weighted by molar-refractivity contribution is -0.115. The third-order valence-electron chi connectivity index (χ3n) is 5.72. The summed E-state index contributed by atoms with van der Waals surface area (Å²) in [7, 11) is 0. The van der Waals surface area contributed by atoms with E-state index in [1.54, 1.807) is 0 Å². The van der Waals surface area contributed by atoms with Gasteiger partial charge in [-0.05, 0) is 54.5 Å². The average molecular weight is 380 g/mol. The zero-order valence-corrected chi connectivity index (χ0v) is 16.6. The summed E-state index contributed by atoms with van der Waals surface area (Å²) < 4.78 is 0. The lowest BCUT2D eigenvalue weighted by atomic mass is 9.67. The smallest absolute Gasteiger partial charge is 0.248 e. The number of hydrogen-bond acceptors (Lipinski definition) is 3. The van der Waals surface area contributed by atoms with Crippen LogP contribution < -0.4 is 16.8 Å². The maximum Gasteiger partial charge on any atom is 0.248 e. The predicted octanol–water partition coefficient (Wildman–Crippen LogP) is 2.44. The van der Waals surface area contributed by atoms with Gasteiger partial charge in [0.05, 0.1) is 0 Å². The highest BCUT2D eigenvalue weighted by molar-refractivity contribution is 5.96. The van der Waals surface area contributed by atoms with E-state index < -0.39 is 11.8 Å². The van der Waals surface area contributed by atoms with Crippen molar-refractivity contribution in [3.63, 3.8) is 0 Å². The Morgan fingerprint density at radius 1 is 0.964 bits per heavy atom. The molecule has 0 saturated carbocycles. The molecular weight excluding hydrogens is 350 g/mol. The van der Waals surface area contributed by atoms with Gasteiger partial charge in [0.1, 0.15) is 0 Å². The minimum Gasteiger partial charge on any atom is -0.366 e. The van der Waals surface area contributed by atoms with Crippen LogP contribution in [-0.2, 0) is 9.59 Å². The second kappa shape index (κ2) is 8.15. The lowest BCUT2D eigenvalue weighted by Gasteiger charge is -2.41. The quantitative estimate of drug-likeness (QED) is 0.700. The van der Waals surface area contributed by atoms with Crippen LogP contribution in [0.15, 0.2) is 70.9 Å². The van der Waals surface area contributed by atoms with Crippen molar-refractivity contribution in [2.45, 2.75) is 26.7 Å². The fourth-order valence-corrected chi connectivity index (χ4v) is 4.26. The molecule has 0 spiro atoms. The molecule has 5 N–H and O–H groups in total. The van der Waals surface area contributed by atoms with Crippen molar-refractivity contribution in [3.8, 4) is 0 Å². The summed E-state index contributed by atoms with van der Waals surface area (Å²) in [6.45, 7) is 5.81. The van der Waals surface area contributed by atoms with Crippen LogP contribution >= 0.6 is 0 Å². The molecule has 3 unspecified atom stereocenters. The van der Waals surface area contributed by atoms with E-state index in [1.165, 1.54) is 0 Å². The van der Waals surface area contributed by atoms with E-state index in [9.17, 15) is 9.59 Å². The second-order valence-electron chi connectivity index (χ2n) is 7.97. The summed E-state index contributed by atoms with van der Waals surface area (Å²) >= 11 is 0. The van der Waals surface area contributed by atoms with Gasteiger partial charge >= 0.3 is 0 Å². The molecule has 0 aromatic rings. The number of amides is 2. The van der Waals surface area contributed by atoms with E-state index in [-0.39, 0.29) is 17.3 Å². The summed E-state index contributed by atoms with van der Waals surface area (Å²) in [6, 6.07) is 0. The van der Waals surface area contributed by atoms with Crippen LogP contribution in [0.4, 0.5) is 0 Å². The molecule has 0 aromatic heterocycles. The third-order valence-corrected chi connectivity index (χ3v) is 5.72. The van der Waals surface area contributed by atoms with Gasteiger partial charge in [-0.3, -0.25) is 9.59 Å². The zero-order valence-electron chi connectivity index (χ0n) is 16.6. The normalized spacial score (nSPS) is 30.4. The van der Waals surface area contributed by atoms with E-state index in [4.69, 9.17) is 11.5 Å². The molecule has 5 nitrogen and oxygen atoms in total. The summed E-state index contributed by atoms with van der Waals surface area (Å²) in [5, 5.41) is 3.52. The van der Waals surface area contributed by atoms with Crippen LogP contribution in [0, 0.1) is 17.3 Å². The van der Waals surface area contributed by atoms with Gasteiger partial charge < -0.3 is 16.8 Å². The summed E-state index contributed by atoms with van der Waals surface area (Å²) in [4.78, 5) is 23.7. The highest BCUT2D eigenvalue weighted by atomic mass is 16.1. The maximum atomic E-state index is 12.0. The molecule has 148 valence electrons. The number of rotatable bonds is 4. The molecule has 0 aromatic carbocycles. The minimum atomic E-state index is -0.421. The third kappa shape index (κ3) is 4.09. The lowest BCUT2D eigenvalue weighted by Crippen LogP contribution is -2.42. The van der Waals surface area contributed by atoms with Crippen LogP contribution in [0.5, 0.6) is 0 Å². The largest absolute Gasteiger partial charge is 0.366 e. The van der Waals surface area contributed by atoms with E-state index in [1.807, 2.05) is 44.2 Å². The van der Waals surface area contributed by atoms with Crippen LogP contribution in [0.3, 0.4) is 0 Å². The average Bonchev–Trinajstić information content (AvgIpc) is 2.98. The molecule has 0 radical (unpaired) electrons. The summed E-state index contributed by atoms with van der Waals surface area (Å²) in [5.74, 6) is -0.629. The highest BCUT2D eigenvalue weighted by Crippen LogP contribution is 2.45. The first-order valence-corrected chi connectivity index (χ1v) is 9.86. The van der Waals surface area contributed by atoms with Crippen molar-refractivity contribution in [2.24, 2.45) is 28.7 Å². The van der Waals surface area contributed by atoms with Crippen LogP contribution in [0.2, 0.25) is 0 Å². The number of hydrogen-bond donors (Lipinski definition) is 3. The Bertz CT molecular complexity index is 849. The predicted molar refractivity (Wildman–Crippen MR) is 112 cm³/mol. The van der Waals surface area contributed by atoms with Crippen molar-refractivity contribution >= 4 is 11.8 Å². The Labute approximate surface area is 166 Å². The molecular formula is C23H29N3O2. The first-order valence-electron chi connectivity index (χ1n) is 9.86. The summed E-state index contributed by atoms with van der Waals surface area (Å²) in [5.41, 5.74) is 14.1. The molecule has 1 saturated heterocycles. The zero-order chi connectivity index (χ0) is 20.3. The minimum absolute atomic E-state index is 0.0757. The summed E-state index contributed by atoms with van der Waals surface area (Å²) in [6.07, 6.45) is 17.9. The first-order chi connectivity index (χ1) is 13.3. The number of allylic oxidation sites excluding steroid dienone is 6. The Morgan fingerprint density at radius 3 is 2.32 bits per heavy atom. The van der Waals surface area contributed by atoms with Crippen LogP contribution in [0.25, 0.3) is 0 Å². The Morgan fingerprint density at radius 2 is 1.68 bits per heavy atom. The van der Waals surface area contributed by atoms with E-state index in [0.717, 1.165) is 37.1 Å². The van der Waals surface area contributed by atoms with Gasteiger partial charge in [-0.15, -0.1) is 0 Å². The van der Waals surface area contributed by atoms with Gasteiger partial charge in [0.15, 0.2) is 0 Å².